The molecule has 2 atom stereocenters. The third-order valence-electron chi connectivity index (χ3n) is 3.13. The zero-order valence-corrected chi connectivity index (χ0v) is 10.8. The molecular formula is C14H21NO2. The summed E-state index contributed by atoms with van der Waals surface area (Å²) in [5, 5.41) is 0. The van der Waals surface area contributed by atoms with E-state index in [1.807, 2.05) is 19.1 Å². The van der Waals surface area contributed by atoms with Gasteiger partial charge >= 0.3 is 5.97 Å². The Balaban J connectivity index is 2.73. The topological polar surface area (TPSA) is 39.2 Å². The van der Waals surface area contributed by atoms with E-state index in [1.165, 1.54) is 0 Å². The first-order valence-corrected chi connectivity index (χ1v) is 6.24. The molecule has 2 unspecified atom stereocenters. The van der Waals surface area contributed by atoms with Crippen LogP contribution in [0.25, 0.3) is 0 Å². The molecule has 0 fully saturated rings. The SMILES string of the molecule is CCOC(=O)C(Cc1ccncc1)C(C)CC. The second-order valence-electron chi connectivity index (χ2n) is 4.30. The smallest absolute Gasteiger partial charge is 0.309 e. The first-order valence-electron chi connectivity index (χ1n) is 6.24. The Kier molecular flexibility index (Phi) is 5.67. The molecule has 0 aliphatic rings. The van der Waals surface area contributed by atoms with E-state index in [9.17, 15) is 4.79 Å². The van der Waals surface area contributed by atoms with Gasteiger partial charge in [0.05, 0.1) is 12.5 Å². The van der Waals surface area contributed by atoms with Crippen LogP contribution in [0.2, 0.25) is 0 Å². The van der Waals surface area contributed by atoms with Gasteiger partial charge in [-0.1, -0.05) is 20.3 Å². The number of rotatable bonds is 6. The molecule has 0 saturated carbocycles. The summed E-state index contributed by atoms with van der Waals surface area (Å²) < 4.78 is 5.14. The molecule has 94 valence electrons. The molecule has 0 aliphatic carbocycles. The summed E-state index contributed by atoms with van der Waals surface area (Å²) in [5.41, 5.74) is 1.14. The van der Waals surface area contributed by atoms with Crippen LogP contribution < -0.4 is 0 Å². The number of aromatic nitrogens is 1. The molecule has 0 radical (unpaired) electrons. The third kappa shape index (κ3) is 4.17. The maximum atomic E-state index is 11.9. The largest absolute Gasteiger partial charge is 0.466 e. The van der Waals surface area contributed by atoms with E-state index >= 15 is 0 Å². The Morgan fingerprint density at radius 2 is 2.00 bits per heavy atom. The van der Waals surface area contributed by atoms with Crippen LogP contribution in [0.1, 0.15) is 32.8 Å². The van der Waals surface area contributed by atoms with Crippen molar-refractivity contribution in [3.8, 4) is 0 Å². The summed E-state index contributed by atoms with van der Waals surface area (Å²) in [6.07, 6.45) is 5.23. The monoisotopic (exact) mass is 235 g/mol. The van der Waals surface area contributed by atoms with E-state index in [0.29, 0.717) is 12.5 Å². The van der Waals surface area contributed by atoms with Crippen LogP contribution in [0.15, 0.2) is 24.5 Å². The zero-order valence-electron chi connectivity index (χ0n) is 10.8. The number of hydrogen-bond donors (Lipinski definition) is 0. The lowest BCUT2D eigenvalue weighted by molar-refractivity contribution is -0.149. The highest BCUT2D eigenvalue weighted by Crippen LogP contribution is 2.21. The van der Waals surface area contributed by atoms with Gasteiger partial charge < -0.3 is 4.74 Å². The van der Waals surface area contributed by atoms with Crippen molar-refractivity contribution in [1.29, 1.82) is 0 Å². The van der Waals surface area contributed by atoms with E-state index in [1.54, 1.807) is 12.4 Å². The standard InChI is InChI=1S/C14H21NO2/c1-4-11(3)13(14(16)17-5-2)10-12-6-8-15-9-7-12/h6-9,11,13H,4-5,10H2,1-3H3. The fraction of sp³-hybridized carbons (Fsp3) is 0.571. The van der Waals surface area contributed by atoms with Crippen molar-refractivity contribution in [2.75, 3.05) is 6.61 Å². The van der Waals surface area contributed by atoms with Crippen molar-refractivity contribution < 1.29 is 9.53 Å². The van der Waals surface area contributed by atoms with Crippen molar-refractivity contribution in [1.82, 2.24) is 4.98 Å². The maximum absolute atomic E-state index is 11.9. The van der Waals surface area contributed by atoms with Crippen molar-refractivity contribution >= 4 is 5.97 Å². The average molecular weight is 235 g/mol. The predicted molar refractivity (Wildman–Crippen MR) is 67.5 cm³/mol. The van der Waals surface area contributed by atoms with Gasteiger partial charge in [0.2, 0.25) is 0 Å². The Labute approximate surface area is 103 Å². The Morgan fingerprint density at radius 3 is 2.53 bits per heavy atom. The molecule has 0 amide bonds. The highest BCUT2D eigenvalue weighted by Gasteiger charge is 2.25. The third-order valence-corrected chi connectivity index (χ3v) is 3.13. The quantitative estimate of drug-likeness (QED) is 0.712. The molecule has 1 rings (SSSR count). The minimum Gasteiger partial charge on any atom is -0.466 e. The van der Waals surface area contributed by atoms with Gasteiger partial charge in [0.25, 0.3) is 0 Å². The zero-order chi connectivity index (χ0) is 12.7. The molecule has 0 aromatic carbocycles. The number of ether oxygens (including phenoxy) is 1. The lowest BCUT2D eigenvalue weighted by Gasteiger charge is -2.21. The van der Waals surface area contributed by atoms with Gasteiger partial charge in [0.1, 0.15) is 0 Å². The van der Waals surface area contributed by atoms with Crippen LogP contribution in [-0.4, -0.2) is 17.6 Å². The van der Waals surface area contributed by atoms with Gasteiger partial charge in [-0.25, -0.2) is 0 Å². The minimum atomic E-state index is -0.0846. The highest BCUT2D eigenvalue weighted by molar-refractivity contribution is 5.73. The average Bonchev–Trinajstić information content (AvgIpc) is 2.36. The van der Waals surface area contributed by atoms with Crippen LogP contribution in [0, 0.1) is 11.8 Å². The molecule has 3 nitrogen and oxygen atoms in total. The van der Waals surface area contributed by atoms with Gasteiger partial charge in [-0.2, -0.15) is 0 Å². The first-order chi connectivity index (χ1) is 8.19. The fourth-order valence-corrected chi connectivity index (χ4v) is 1.82. The summed E-state index contributed by atoms with van der Waals surface area (Å²) in [6, 6.07) is 3.91. The normalized spacial score (nSPS) is 14.1. The lowest BCUT2D eigenvalue weighted by atomic mass is 9.86. The molecule has 0 bridgehead atoms. The van der Waals surface area contributed by atoms with Crippen LogP contribution in [0.5, 0.6) is 0 Å². The maximum Gasteiger partial charge on any atom is 0.309 e. The summed E-state index contributed by atoms with van der Waals surface area (Å²) in [5.74, 6) is 0.197. The van der Waals surface area contributed by atoms with Gasteiger partial charge in [-0.3, -0.25) is 9.78 Å². The second kappa shape index (κ2) is 7.05. The molecular weight excluding hydrogens is 214 g/mol. The van der Waals surface area contributed by atoms with Crippen molar-refractivity contribution in [2.45, 2.75) is 33.6 Å². The molecule has 0 N–H and O–H groups in total. The summed E-state index contributed by atoms with van der Waals surface area (Å²) >= 11 is 0. The number of hydrogen-bond acceptors (Lipinski definition) is 3. The molecule has 0 aliphatic heterocycles. The summed E-state index contributed by atoms with van der Waals surface area (Å²) in [4.78, 5) is 15.9. The molecule has 0 saturated heterocycles. The molecule has 17 heavy (non-hydrogen) atoms. The van der Waals surface area contributed by atoms with Crippen LogP contribution >= 0.6 is 0 Å². The number of pyridine rings is 1. The number of carbonyl (C=O) groups is 1. The molecule has 1 aromatic heterocycles. The molecule has 1 aromatic rings. The van der Waals surface area contributed by atoms with E-state index in [4.69, 9.17) is 4.74 Å². The van der Waals surface area contributed by atoms with E-state index < -0.39 is 0 Å². The van der Waals surface area contributed by atoms with Gasteiger partial charge in [-0.15, -0.1) is 0 Å². The number of carbonyl (C=O) groups excluding carboxylic acids is 1. The van der Waals surface area contributed by atoms with Gasteiger partial charge in [0.15, 0.2) is 0 Å². The Bertz CT molecular complexity index is 337. The van der Waals surface area contributed by atoms with Crippen molar-refractivity contribution in [3.63, 3.8) is 0 Å². The predicted octanol–water partition coefficient (Wildman–Crippen LogP) is 2.85. The van der Waals surface area contributed by atoms with Crippen LogP contribution in [-0.2, 0) is 16.0 Å². The highest BCUT2D eigenvalue weighted by atomic mass is 16.5. The minimum absolute atomic E-state index is 0.0534. The van der Waals surface area contributed by atoms with E-state index in [0.717, 1.165) is 18.4 Å². The van der Waals surface area contributed by atoms with Crippen molar-refractivity contribution in [3.05, 3.63) is 30.1 Å². The Morgan fingerprint density at radius 1 is 1.35 bits per heavy atom. The van der Waals surface area contributed by atoms with Crippen LogP contribution in [0.3, 0.4) is 0 Å². The van der Waals surface area contributed by atoms with Crippen LogP contribution in [0.4, 0.5) is 0 Å². The second-order valence-corrected chi connectivity index (χ2v) is 4.30. The molecule has 0 spiro atoms. The van der Waals surface area contributed by atoms with E-state index in [-0.39, 0.29) is 11.9 Å². The van der Waals surface area contributed by atoms with Crippen molar-refractivity contribution in [2.24, 2.45) is 11.8 Å². The van der Waals surface area contributed by atoms with Gasteiger partial charge in [0, 0.05) is 12.4 Å². The van der Waals surface area contributed by atoms with E-state index in [2.05, 4.69) is 18.8 Å². The Hall–Kier alpha value is -1.38. The number of nitrogens with zero attached hydrogens (tertiary/aromatic N) is 1. The summed E-state index contributed by atoms with van der Waals surface area (Å²) in [6.45, 7) is 6.49. The summed E-state index contributed by atoms with van der Waals surface area (Å²) in [7, 11) is 0. The molecule has 3 heteroatoms. The first kappa shape index (κ1) is 13.7. The molecule has 1 heterocycles. The fourth-order valence-electron chi connectivity index (χ4n) is 1.82. The lowest BCUT2D eigenvalue weighted by Crippen LogP contribution is -2.26. The number of esters is 1. The van der Waals surface area contributed by atoms with Gasteiger partial charge in [-0.05, 0) is 37.0 Å².